The quantitative estimate of drug-likeness (QED) is 0.746. The third-order valence-electron chi connectivity index (χ3n) is 3.30. The molecule has 2 atom stereocenters. The Morgan fingerprint density at radius 2 is 1.70 bits per heavy atom. The van der Waals surface area contributed by atoms with E-state index in [0.29, 0.717) is 5.02 Å². The lowest BCUT2D eigenvalue weighted by atomic mass is 10.0. The van der Waals surface area contributed by atoms with Gasteiger partial charge in [0.1, 0.15) is 5.82 Å². The number of halogens is 3. The molecule has 0 radical (unpaired) electrons. The summed E-state index contributed by atoms with van der Waals surface area (Å²) in [5, 5.41) is 3.93. The van der Waals surface area contributed by atoms with E-state index in [1.807, 2.05) is 25.1 Å². The Morgan fingerprint density at radius 3 is 2.35 bits per heavy atom. The lowest BCUT2D eigenvalue weighted by Gasteiger charge is -2.22. The summed E-state index contributed by atoms with van der Waals surface area (Å²) >= 11 is 9.65. The molecule has 2 unspecified atom stereocenters. The predicted molar refractivity (Wildman–Crippen MR) is 85.5 cm³/mol. The largest absolute Gasteiger partial charge is 0.304 e. The van der Waals surface area contributed by atoms with Crippen molar-refractivity contribution >= 4 is 27.5 Å². The van der Waals surface area contributed by atoms with Crippen LogP contribution in [0.1, 0.15) is 37.1 Å². The lowest BCUT2D eigenvalue weighted by Crippen LogP contribution is -2.23. The first-order valence-electron chi connectivity index (χ1n) is 6.44. The van der Waals surface area contributed by atoms with Gasteiger partial charge in [-0.15, -0.1) is 0 Å². The topological polar surface area (TPSA) is 12.0 Å². The zero-order chi connectivity index (χ0) is 14.7. The van der Waals surface area contributed by atoms with Gasteiger partial charge in [-0.25, -0.2) is 4.39 Å². The van der Waals surface area contributed by atoms with E-state index in [-0.39, 0.29) is 17.9 Å². The summed E-state index contributed by atoms with van der Waals surface area (Å²) in [6.07, 6.45) is 0. The van der Waals surface area contributed by atoms with Gasteiger partial charge in [0, 0.05) is 21.6 Å². The molecule has 0 aliphatic heterocycles. The van der Waals surface area contributed by atoms with Crippen LogP contribution in [0.15, 0.2) is 46.9 Å². The first-order chi connectivity index (χ1) is 9.49. The van der Waals surface area contributed by atoms with E-state index < -0.39 is 0 Å². The molecule has 2 aromatic rings. The minimum absolute atomic E-state index is 0.0326. The SMILES string of the molecule is CC(NC(C)c1ccccc1Br)c1ccc(F)cc1Cl. The molecule has 1 N–H and O–H groups in total. The van der Waals surface area contributed by atoms with Gasteiger partial charge in [-0.05, 0) is 43.2 Å². The highest BCUT2D eigenvalue weighted by molar-refractivity contribution is 9.10. The van der Waals surface area contributed by atoms with Crippen LogP contribution >= 0.6 is 27.5 Å². The monoisotopic (exact) mass is 355 g/mol. The molecule has 0 amide bonds. The van der Waals surface area contributed by atoms with E-state index in [4.69, 9.17) is 11.6 Å². The van der Waals surface area contributed by atoms with Crippen molar-refractivity contribution in [3.05, 3.63) is 68.9 Å². The van der Waals surface area contributed by atoms with Gasteiger partial charge in [0.15, 0.2) is 0 Å². The second-order valence-corrected chi connectivity index (χ2v) is 6.06. The van der Waals surface area contributed by atoms with Crippen molar-refractivity contribution in [2.45, 2.75) is 25.9 Å². The molecule has 0 saturated heterocycles. The minimum atomic E-state index is -0.315. The molecule has 2 rings (SSSR count). The van der Waals surface area contributed by atoms with Crippen LogP contribution in [0.2, 0.25) is 5.02 Å². The van der Waals surface area contributed by atoms with Crippen molar-refractivity contribution in [3.63, 3.8) is 0 Å². The first kappa shape index (κ1) is 15.5. The van der Waals surface area contributed by atoms with Crippen LogP contribution in [-0.2, 0) is 0 Å². The molecule has 0 bridgehead atoms. The fourth-order valence-electron chi connectivity index (χ4n) is 2.23. The van der Waals surface area contributed by atoms with E-state index in [0.717, 1.165) is 10.0 Å². The number of rotatable bonds is 4. The van der Waals surface area contributed by atoms with Crippen molar-refractivity contribution in [2.24, 2.45) is 0 Å². The minimum Gasteiger partial charge on any atom is -0.304 e. The highest BCUT2D eigenvalue weighted by Crippen LogP contribution is 2.28. The van der Waals surface area contributed by atoms with Crippen molar-refractivity contribution < 1.29 is 4.39 Å². The van der Waals surface area contributed by atoms with Crippen LogP contribution < -0.4 is 5.32 Å². The smallest absolute Gasteiger partial charge is 0.124 e. The molecule has 1 nitrogen and oxygen atoms in total. The number of nitrogens with one attached hydrogen (secondary N) is 1. The van der Waals surface area contributed by atoms with Crippen molar-refractivity contribution in [2.75, 3.05) is 0 Å². The molecule has 2 aromatic carbocycles. The van der Waals surface area contributed by atoms with Gasteiger partial charge in [-0.2, -0.15) is 0 Å². The molecule has 0 aliphatic rings. The average Bonchev–Trinajstić information content (AvgIpc) is 2.38. The fraction of sp³-hybridized carbons (Fsp3) is 0.250. The first-order valence-corrected chi connectivity index (χ1v) is 7.61. The molecule has 106 valence electrons. The van der Waals surface area contributed by atoms with Gasteiger partial charge in [-0.3, -0.25) is 0 Å². The normalized spacial score (nSPS) is 14.1. The molecule has 0 saturated carbocycles. The summed E-state index contributed by atoms with van der Waals surface area (Å²) in [5.41, 5.74) is 2.07. The van der Waals surface area contributed by atoms with E-state index >= 15 is 0 Å². The van der Waals surface area contributed by atoms with Crippen LogP contribution in [0, 0.1) is 5.82 Å². The standard InChI is InChI=1S/C16H16BrClFN/c1-10(13-5-3-4-6-15(13)17)20-11(2)14-8-7-12(19)9-16(14)18/h3-11,20H,1-2H3. The van der Waals surface area contributed by atoms with Crippen molar-refractivity contribution in [1.82, 2.24) is 5.32 Å². The molecule has 20 heavy (non-hydrogen) atoms. The highest BCUT2D eigenvalue weighted by Gasteiger charge is 2.15. The van der Waals surface area contributed by atoms with Gasteiger partial charge >= 0.3 is 0 Å². The summed E-state index contributed by atoms with van der Waals surface area (Å²) in [6, 6.07) is 12.8. The van der Waals surface area contributed by atoms with Crippen LogP contribution in [0.5, 0.6) is 0 Å². The molecule has 0 heterocycles. The van der Waals surface area contributed by atoms with Crippen LogP contribution in [-0.4, -0.2) is 0 Å². The molecular formula is C16H16BrClFN. The number of hydrogen-bond donors (Lipinski definition) is 1. The Kier molecular flexibility index (Phi) is 5.19. The second-order valence-electron chi connectivity index (χ2n) is 4.80. The summed E-state index contributed by atoms with van der Waals surface area (Å²) in [7, 11) is 0. The third kappa shape index (κ3) is 3.60. The van der Waals surface area contributed by atoms with Gasteiger partial charge < -0.3 is 5.32 Å². The molecular weight excluding hydrogens is 341 g/mol. The Labute approximate surface area is 132 Å². The maximum Gasteiger partial charge on any atom is 0.124 e. The van der Waals surface area contributed by atoms with Gasteiger partial charge in [-0.1, -0.05) is 51.8 Å². The van der Waals surface area contributed by atoms with Gasteiger partial charge in [0.05, 0.1) is 0 Å². The fourth-order valence-corrected chi connectivity index (χ4v) is 3.19. The Morgan fingerprint density at radius 1 is 1.05 bits per heavy atom. The van der Waals surface area contributed by atoms with Crippen LogP contribution in [0.3, 0.4) is 0 Å². The van der Waals surface area contributed by atoms with Crippen LogP contribution in [0.25, 0.3) is 0 Å². The maximum absolute atomic E-state index is 13.1. The summed E-state index contributed by atoms with van der Waals surface area (Å²) in [5.74, 6) is -0.315. The van der Waals surface area contributed by atoms with E-state index in [1.54, 1.807) is 6.07 Å². The average molecular weight is 357 g/mol. The summed E-state index contributed by atoms with van der Waals surface area (Å²) < 4.78 is 14.1. The van der Waals surface area contributed by atoms with E-state index in [2.05, 4.69) is 34.2 Å². The van der Waals surface area contributed by atoms with Gasteiger partial charge in [0.2, 0.25) is 0 Å². The Balaban J connectivity index is 2.15. The van der Waals surface area contributed by atoms with Crippen molar-refractivity contribution in [3.8, 4) is 0 Å². The van der Waals surface area contributed by atoms with E-state index in [9.17, 15) is 4.39 Å². The summed E-state index contributed by atoms with van der Waals surface area (Å²) in [4.78, 5) is 0. The third-order valence-corrected chi connectivity index (χ3v) is 4.35. The van der Waals surface area contributed by atoms with E-state index in [1.165, 1.54) is 17.7 Å². The predicted octanol–water partition coefficient (Wildman–Crippen LogP) is 5.65. The summed E-state index contributed by atoms with van der Waals surface area (Å²) in [6.45, 7) is 4.11. The maximum atomic E-state index is 13.1. The van der Waals surface area contributed by atoms with Crippen LogP contribution in [0.4, 0.5) is 4.39 Å². The zero-order valence-electron chi connectivity index (χ0n) is 11.3. The Hall–Kier alpha value is -0.900. The van der Waals surface area contributed by atoms with Crippen molar-refractivity contribution in [1.29, 1.82) is 0 Å². The molecule has 0 spiro atoms. The number of hydrogen-bond acceptors (Lipinski definition) is 1. The second kappa shape index (κ2) is 6.70. The lowest BCUT2D eigenvalue weighted by molar-refractivity contribution is 0.493. The molecule has 4 heteroatoms. The molecule has 0 fully saturated rings. The molecule has 0 aliphatic carbocycles. The highest BCUT2D eigenvalue weighted by atomic mass is 79.9. The number of benzene rings is 2. The van der Waals surface area contributed by atoms with Gasteiger partial charge in [0.25, 0.3) is 0 Å². The Bertz CT molecular complexity index is 603. The molecule has 0 aromatic heterocycles. The zero-order valence-corrected chi connectivity index (χ0v) is 13.7.